The summed E-state index contributed by atoms with van der Waals surface area (Å²) in [4.78, 5) is 2.26. The van der Waals surface area contributed by atoms with Gasteiger partial charge in [0, 0.05) is 17.3 Å². The number of thiophene rings is 1. The topological polar surface area (TPSA) is 53.0 Å². The molecule has 2 atom stereocenters. The molecule has 0 spiro atoms. The first kappa shape index (κ1) is 27.4. The van der Waals surface area contributed by atoms with E-state index in [1.54, 1.807) is 12.1 Å². The molecule has 0 bridgehead atoms. The first-order valence-electron chi connectivity index (χ1n) is 11.4. The average Bonchev–Trinajstić information content (AvgIpc) is 3.11. The van der Waals surface area contributed by atoms with E-state index in [1.165, 1.54) is 27.8 Å². The van der Waals surface area contributed by atoms with Gasteiger partial charge in [-0.25, -0.2) is 4.21 Å². The maximum Gasteiger partial charge on any atom is 0.573 e. The predicted molar refractivity (Wildman–Crippen MR) is 137 cm³/mol. The number of aryl methyl sites for hydroxylation is 1. The summed E-state index contributed by atoms with van der Waals surface area (Å²) in [6.07, 6.45) is -4.24. The van der Waals surface area contributed by atoms with Crippen molar-refractivity contribution in [3.63, 3.8) is 0 Å². The van der Waals surface area contributed by atoms with Crippen molar-refractivity contribution >= 4 is 37.7 Å². The van der Waals surface area contributed by atoms with Gasteiger partial charge in [0.25, 0.3) is 11.3 Å². The normalized spacial score (nSPS) is 14.0. The SMILES string of the molecule is CCN(CC(C)C)C(Cc1ccc(OC(F)(F)F)cc1)CN(c1sc2ccccc2c1C)S(=O)O. The molecule has 0 amide bonds. The Morgan fingerprint density at radius 3 is 2.29 bits per heavy atom. The average molecular weight is 529 g/mol. The van der Waals surface area contributed by atoms with Crippen LogP contribution in [0.1, 0.15) is 31.9 Å². The van der Waals surface area contributed by atoms with Gasteiger partial charge in [-0.3, -0.25) is 13.8 Å². The minimum Gasteiger partial charge on any atom is -0.406 e. The first-order chi connectivity index (χ1) is 16.5. The van der Waals surface area contributed by atoms with Crippen LogP contribution >= 0.6 is 11.3 Å². The maximum atomic E-state index is 12.5. The summed E-state index contributed by atoms with van der Waals surface area (Å²) < 4.78 is 66.9. The molecule has 0 aliphatic carbocycles. The Bertz CT molecular complexity index is 1130. The smallest absolute Gasteiger partial charge is 0.406 e. The zero-order valence-electron chi connectivity index (χ0n) is 20.2. The summed E-state index contributed by atoms with van der Waals surface area (Å²) in [5, 5.41) is 1.79. The number of hydrogen-bond acceptors (Lipinski definition) is 4. The second-order valence-corrected chi connectivity index (χ2v) is 10.8. The molecule has 1 aromatic heterocycles. The van der Waals surface area contributed by atoms with Gasteiger partial charge in [-0.15, -0.1) is 24.5 Å². The Morgan fingerprint density at radius 1 is 1.09 bits per heavy atom. The van der Waals surface area contributed by atoms with E-state index >= 15 is 0 Å². The van der Waals surface area contributed by atoms with Gasteiger partial charge in [0.2, 0.25) is 0 Å². The van der Waals surface area contributed by atoms with Gasteiger partial charge in [-0.1, -0.05) is 51.1 Å². The summed E-state index contributed by atoms with van der Waals surface area (Å²) in [5.41, 5.74) is 1.77. The summed E-state index contributed by atoms with van der Waals surface area (Å²) in [6, 6.07) is 13.6. The molecule has 10 heteroatoms. The van der Waals surface area contributed by atoms with Gasteiger partial charge >= 0.3 is 6.36 Å². The highest BCUT2D eigenvalue weighted by atomic mass is 32.2. The Kier molecular flexibility index (Phi) is 9.20. The highest BCUT2D eigenvalue weighted by molar-refractivity contribution is 7.81. The molecule has 3 rings (SSSR count). The quantitative estimate of drug-likeness (QED) is 0.284. The number of hydrogen-bond donors (Lipinski definition) is 1. The molecule has 2 aromatic carbocycles. The van der Waals surface area contributed by atoms with Crippen LogP contribution in [0.5, 0.6) is 5.75 Å². The van der Waals surface area contributed by atoms with Crippen molar-refractivity contribution in [1.82, 2.24) is 4.90 Å². The van der Waals surface area contributed by atoms with Crippen molar-refractivity contribution in [2.75, 3.05) is 23.9 Å². The Balaban J connectivity index is 1.91. The number of alkyl halides is 3. The third-order valence-electron chi connectivity index (χ3n) is 5.76. The largest absolute Gasteiger partial charge is 0.573 e. The van der Waals surface area contributed by atoms with Gasteiger partial charge in [-0.2, -0.15) is 0 Å². The van der Waals surface area contributed by atoms with Crippen molar-refractivity contribution in [1.29, 1.82) is 0 Å². The van der Waals surface area contributed by atoms with Crippen LogP contribution in [-0.2, 0) is 17.7 Å². The fourth-order valence-corrected chi connectivity index (χ4v) is 6.23. The van der Waals surface area contributed by atoms with Crippen LogP contribution in [0.2, 0.25) is 0 Å². The minimum atomic E-state index is -4.74. The highest BCUT2D eigenvalue weighted by Crippen LogP contribution is 2.38. The highest BCUT2D eigenvalue weighted by Gasteiger charge is 2.31. The zero-order chi connectivity index (χ0) is 25.8. The molecule has 0 fully saturated rings. The van der Waals surface area contributed by atoms with Crippen LogP contribution in [-0.4, -0.2) is 45.7 Å². The number of benzene rings is 2. The molecule has 0 aliphatic rings. The van der Waals surface area contributed by atoms with Crippen LogP contribution < -0.4 is 9.04 Å². The molecule has 192 valence electrons. The second kappa shape index (κ2) is 11.7. The molecular weight excluding hydrogens is 497 g/mol. The lowest BCUT2D eigenvalue weighted by Gasteiger charge is -2.35. The minimum absolute atomic E-state index is 0.141. The number of ether oxygens (including phenoxy) is 1. The lowest BCUT2D eigenvalue weighted by molar-refractivity contribution is -0.274. The molecule has 1 heterocycles. The molecule has 1 N–H and O–H groups in total. The molecule has 2 unspecified atom stereocenters. The number of halogens is 3. The lowest BCUT2D eigenvalue weighted by atomic mass is 10.0. The molecule has 0 saturated heterocycles. The van der Waals surface area contributed by atoms with Crippen molar-refractivity contribution in [2.45, 2.75) is 46.5 Å². The second-order valence-electron chi connectivity index (χ2n) is 8.85. The molecule has 3 aromatic rings. The van der Waals surface area contributed by atoms with E-state index in [4.69, 9.17) is 0 Å². The molecular formula is C25H31F3N2O3S2. The standard InChI is InChI=1S/C25H31F3N2O3S2/c1-5-29(15-17(2)3)20(14-19-10-12-21(13-11-19)33-25(26,27)28)16-30(35(31)32)24-18(4)22-8-6-7-9-23(22)34-24/h6-13,17,20H,5,14-16H2,1-4H3,(H,31,32). The maximum absolute atomic E-state index is 12.5. The summed E-state index contributed by atoms with van der Waals surface area (Å²) >= 11 is -0.764. The summed E-state index contributed by atoms with van der Waals surface area (Å²) in [7, 11) is 0. The first-order valence-corrected chi connectivity index (χ1v) is 13.3. The summed E-state index contributed by atoms with van der Waals surface area (Å²) in [6.45, 7) is 10.0. The van der Waals surface area contributed by atoms with Gasteiger partial charge in [0.1, 0.15) is 10.8 Å². The van der Waals surface area contributed by atoms with E-state index in [0.29, 0.717) is 12.3 Å². The van der Waals surface area contributed by atoms with Crippen LogP contribution in [0.15, 0.2) is 48.5 Å². The zero-order valence-corrected chi connectivity index (χ0v) is 21.8. The monoisotopic (exact) mass is 528 g/mol. The summed E-state index contributed by atoms with van der Waals surface area (Å²) in [5.74, 6) is 0.102. The number of likely N-dealkylation sites (N-methyl/N-ethyl adjacent to an activating group) is 1. The van der Waals surface area contributed by atoms with Crippen molar-refractivity contribution in [2.24, 2.45) is 5.92 Å². The number of rotatable bonds is 11. The predicted octanol–water partition coefficient (Wildman–Crippen LogP) is 6.64. The number of anilines is 1. The molecule has 35 heavy (non-hydrogen) atoms. The van der Waals surface area contributed by atoms with Crippen molar-refractivity contribution in [3.05, 3.63) is 59.7 Å². The van der Waals surface area contributed by atoms with E-state index in [1.807, 2.05) is 38.1 Å². The molecule has 0 saturated carbocycles. The molecule has 0 radical (unpaired) electrons. The van der Waals surface area contributed by atoms with E-state index in [9.17, 15) is 21.9 Å². The molecule has 0 aliphatic heterocycles. The molecule has 5 nitrogen and oxygen atoms in total. The van der Waals surface area contributed by atoms with Crippen LogP contribution in [0.3, 0.4) is 0 Å². The van der Waals surface area contributed by atoms with E-state index in [-0.39, 0.29) is 18.3 Å². The lowest BCUT2D eigenvalue weighted by Crippen LogP contribution is -2.47. The Hall–Kier alpha value is -2.14. The van der Waals surface area contributed by atoms with Crippen LogP contribution in [0, 0.1) is 12.8 Å². The number of fused-ring (bicyclic) bond motifs is 1. The van der Waals surface area contributed by atoms with E-state index in [0.717, 1.165) is 39.3 Å². The fourth-order valence-electron chi connectivity index (χ4n) is 4.22. The van der Waals surface area contributed by atoms with E-state index < -0.39 is 17.6 Å². The van der Waals surface area contributed by atoms with Crippen molar-refractivity contribution < 1.29 is 26.7 Å². The Morgan fingerprint density at radius 2 is 1.74 bits per heavy atom. The third-order valence-corrected chi connectivity index (χ3v) is 7.88. The van der Waals surface area contributed by atoms with Gasteiger partial charge in [0.15, 0.2) is 0 Å². The third kappa shape index (κ3) is 7.42. The van der Waals surface area contributed by atoms with Crippen molar-refractivity contribution in [3.8, 4) is 5.75 Å². The van der Waals surface area contributed by atoms with E-state index in [2.05, 4.69) is 23.5 Å². The van der Waals surface area contributed by atoms with Crippen LogP contribution in [0.4, 0.5) is 18.2 Å². The van der Waals surface area contributed by atoms with Gasteiger partial charge in [-0.05, 0) is 60.5 Å². The van der Waals surface area contributed by atoms with Gasteiger partial charge in [0.05, 0.1) is 6.54 Å². The van der Waals surface area contributed by atoms with Gasteiger partial charge < -0.3 is 4.74 Å². The van der Waals surface area contributed by atoms with Crippen LogP contribution in [0.25, 0.3) is 10.1 Å². The Labute approximate surface area is 210 Å². The number of nitrogens with zero attached hydrogens (tertiary/aromatic N) is 2. The fraction of sp³-hybridized carbons (Fsp3) is 0.440.